The molecule has 0 saturated carbocycles. The van der Waals surface area contributed by atoms with Crippen LogP contribution in [-0.4, -0.2) is 19.9 Å². The summed E-state index contributed by atoms with van der Waals surface area (Å²) in [5.74, 6) is 1.68. The van der Waals surface area contributed by atoms with E-state index in [-0.39, 0.29) is 6.04 Å². The van der Waals surface area contributed by atoms with Crippen molar-refractivity contribution >= 4 is 29.1 Å². The molecule has 0 N–H and O–H groups in total. The summed E-state index contributed by atoms with van der Waals surface area (Å²) >= 11 is 6.26. The fraction of sp³-hybridized carbons (Fsp3) is 0.160. The Bertz CT molecular complexity index is 1090. The van der Waals surface area contributed by atoms with Crippen molar-refractivity contribution in [3.05, 3.63) is 95.0 Å². The molecule has 30 heavy (non-hydrogen) atoms. The lowest BCUT2D eigenvalue weighted by Gasteiger charge is -2.25. The number of nitrogens with zero attached hydrogens (tertiary/aromatic N) is 2. The number of rotatable bonds is 6. The third-order valence-electron chi connectivity index (χ3n) is 5.10. The largest absolute Gasteiger partial charge is 0.496 e. The number of hydrogen-bond donors (Lipinski definition) is 0. The Morgan fingerprint density at radius 1 is 0.900 bits per heavy atom. The van der Waals surface area contributed by atoms with Gasteiger partial charge in [-0.3, -0.25) is 5.01 Å². The van der Waals surface area contributed by atoms with Gasteiger partial charge in [0.2, 0.25) is 0 Å². The Kier molecular flexibility index (Phi) is 6.05. The molecule has 1 heterocycles. The van der Waals surface area contributed by atoms with Gasteiger partial charge >= 0.3 is 0 Å². The summed E-state index contributed by atoms with van der Waals surface area (Å²) in [5.41, 5.74) is 4.01. The molecule has 0 aromatic heterocycles. The molecule has 0 fully saturated rings. The zero-order valence-electron chi connectivity index (χ0n) is 17.0. The molecule has 0 saturated heterocycles. The van der Waals surface area contributed by atoms with Crippen molar-refractivity contribution in [3.8, 4) is 11.5 Å². The maximum absolute atomic E-state index is 6.26. The fourth-order valence-electron chi connectivity index (χ4n) is 3.66. The molecule has 0 amide bonds. The number of anilines is 1. The zero-order chi connectivity index (χ0) is 20.9. The highest BCUT2D eigenvalue weighted by molar-refractivity contribution is 6.30. The zero-order valence-corrected chi connectivity index (χ0v) is 17.7. The summed E-state index contributed by atoms with van der Waals surface area (Å²) in [6.07, 6.45) is 4.84. The van der Waals surface area contributed by atoms with Crippen molar-refractivity contribution in [3.63, 3.8) is 0 Å². The number of para-hydroxylation sites is 2. The molecule has 4 rings (SSSR count). The normalized spacial score (nSPS) is 16.0. The van der Waals surface area contributed by atoms with E-state index in [1.54, 1.807) is 14.2 Å². The Morgan fingerprint density at radius 3 is 2.40 bits per heavy atom. The van der Waals surface area contributed by atoms with Crippen molar-refractivity contribution in [2.45, 2.75) is 12.5 Å². The van der Waals surface area contributed by atoms with Gasteiger partial charge in [-0.15, -0.1) is 0 Å². The second kappa shape index (κ2) is 9.06. The highest BCUT2D eigenvalue weighted by Gasteiger charge is 2.30. The molecule has 0 aliphatic carbocycles. The van der Waals surface area contributed by atoms with E-state index in [0.717, 1.165) is 40.4 Å². The van der Waals surface area contributed by atoms with Crippen LogP contribution < -0.4 is 14.5 Å². The van der Waals surface area contributed by atoms with Crippen molar-refractivity contribution < 1.29 is 9.47 Å². The Labute approximate surface area is 182 Å². The first-order valence-corrected chi connectivity index (χ1v) is 10.1. The van der Waals surface area contributed by atoms with E-state index in [0.29, 0.717) is 5.02 Å². The standard InChI is InChI=1S/C25H23ClN2O2/c1-29-24-12-5-3-8-18(24)14-15-20-17-23(22-11-4-6-13-25(22)30-2)28(27-20)21-10-7-9-19(26)16-21/h3-16,23H,17H2,1-2H3/b15-14+/t23-/m1/s1. The molecular formula is C25H23ClN2O2. The van der Waals surface area contributed by atoms with Gasteiger partial charge in [0.05, 0.1) is 31.7 Å². The van der Waals surface area contributed by atoms with E-state index < -0.39 is 0 Å². The molecule has 3 aromatic carbocycles. The van der Waals surface area contributed by atoms with Crippen LogP contribution >= 0.6 is 11.6 Å². The van der Waals surface area contributed by atoms with Crippen LogP contribution in [0.1, 0.15) is 23.6 Å². The lowest BCUT2D eigenvalue weighted by molar-refractivity contribution is 0.405. The highest BCUT2D eigenvalue weighted by atomic mass is 35.5. The van der Waals surface area contributed by atoms with Gasteiger partial charge in [0.25, 0.3) is 0 Å². The Hall–Kier alpha value is -3.24. The first-order chi connectivity index (χ1) is 14.7. The summed E-state index contributed by atoms with van der Waals surface area (Å²) in [4.78, 5) is 0. The van der Waals surface area contributed by atoms with Crippen LogP contribution in [0, 0.1) is 0 Å². The first kappa shape index (κ1) is 20.0. The monoisotopic (exact) mass is 418 g/mol. The second-order valence-corrected chi connectivity index (χ2v) is 7.39. The molecule has 5 heteroatoms. The quantitative estimate of drug-likeness (QED) is 0.466. The maximum atomic E-state index is 6.26. The molecule has 4 nitrogen and oxygen atoms in total. The van der Waals surface area contributed by atoms with Crippen LogP contribution in [0.15, 0.2) is 84.0 Å². The molecule has 0 bridgehead atoms. The molecule has 3 aromatic rings. The molecule has 1 aliphatic rings. The lowest BCUT2D eigenvalue weighted by Crippen LogP contribution is -2.19. The van der Waals surface area contributed by atoms with Crippen molar-refractivity contribution in [2.24, 2.45) is 5.10 Å². The van der Waals surface area contributed by atoms with E-state index in [1.807, 2.05) is 83.9 Å². The van der Waals surface area contributed by atoms with Crippen molar-refractivity contribution in [1.82, 2.24) is 0 Å². The number of methoxy groups -OCH3 is 2. The van der Waals surface area contributed by atoms with Gasteiger partial charge in [-0.2, -0.15) is 5.10 Å². The summed E-state index contributed by atoms with van der Waals surface area (Å²) in [6, 6.07) is 23.8. The average molecular weight is 419 g/mol. The smallest absolute Gasteiger partial charge is 0.126 e. The Balaban J connectivity index is 1.71. The number of allylic oxidation sites excluding steroid dienone is 1. The number of hydrazone groups is 1. The third kappa shape index (κ3) is 4.19. The molecule has 1 aliphatic heterocycles. The molecule has 1 atom stereocenters. The minimum Gasteiger partial charge on any atom is -0.496 e. The van der Waals surface area contributed by atoms with Gasteiger partial charge in [0, 0.05) is 22.6 Å². The Morgan fingerprint density at radius 2 is 1.63 bits per heavy atom. The number of ether oxygens (including phenoxy) is 2. The van der Waals surface area contributed by atoms with E-state index >= 15 is 0 Å². The van der Waals surface area contributed by atoms with Crippen LogP contribution in [0.25, 0.3) is 6.08 Å². The number of benzene rings is 3. The van der Waals surface area contributed by atoms with Gasteiger partial charge in [0.1, 0.15) is 11.5 Å². The van der Waals surface area contributed by atoms with Gasteiger partial charge in [0.15, 0.2) is 0 Å². The predicted octanol–water partition coefficient (Wildman–Crippen LogP) is 6.38. The van der Waals surface area contributed by atoms with Crippen molar-refractivity contribution in [1.29, 1.82) is 0 Å². The van der Waals surface area contributed by atoms with Crippen LogP contribution in [-0.2, 0) is 0 Å². The maximum Gasteiger partial charge on any atom is 0.126 e. The number of hydrogen-bond acceptors (Lipinski definition) is 4. The summed E-state index contributed by atoms with van der Waals surface area (Å²) in [6.45, 7) is 0. The van der Waals surface area contributed by atoms with Gasteiger partial charge in [-0.25, -0.2) is 0 Å². The van der Waals surface area contributed by atoms with Crippen LogP contribution in [0.3, 0.4) is 0 Å². The van der Waals surface area contributed by atoms with Gasteiger partial charge in [-0.05, 0) is 42.5 Å². The third-order valence-corrected chi connectivity index (χ3v) is 5.33. The molecule has 152 valence electrons. The van der Waals surface area contributed by atoms with Crippen LogP contribution in [0.5, 0.6) is 11.5 Å². The SMILES string of the molecule is COc1ccccc1/C=C/C1=NN(c2cccc(Cl)c2)[C@@H](c2ccccc2OC)C1. The number of halogens is 1. The average Bonchev–Trinajstić information content (AvgIpc) is 3.22. The molecule has 0 radical (unpaired) electrons. The first-order valence-electron chi connectivity index (χ1n) is 9.76. The summed E-state index contributed by atoms with van der Waals surface area (Å²) < 4.78 is 11.1. The van der Waals surface area contributed by atoms with E-state index in [1.165, 1.54) is 0 Å². The molecule has 0 spiro atoms. The summed E-state index contributed by atoms with van der Waals surface area (Å²) in [5, 5.41) is 7.61. The van der Waals surface area contributed by atoms with E-state index in [4.69, 9.17) is 26.2 Å². The van der Waals surface area contributed by atoms with Gasteiger partial charge < -0.3 is 9.47 Å². The van der Waals surface area contributed by atoms with Crippen LogP contribution in [0.2, 0.25) is 5.02 Å². The summed E-state index contributed by atoms with van der Waals surface area (Å²) in [7, 11) is 3.37. The van der Waals surface area contributed by atoms with E-state index in [9.17, 15) is 0 Å². The predicted molar refractivity (Wildman–Crippen MR) is 124 cm³/mol. The minimum absolute atomic E-state index is 0.0111. The minimum atomic E-state index is 0.0111. The van der Waals surface area contributed by atoms with Gasteiger partial charge in [-0.1, -0.05) is 54.1 Å². The molecule has 0 unspecified atom stereocenters. The van der Waals surface area contributed by atoms with Crippen molar-refractivity contribution in [2.75, 3.05) is 19.2 Å². The molecular weight excluding hydrogens is 396 g/mol. The van der Waals surface area contributed by atoms with E-state index in [2.05, 4.69) is 6.07 Å². The lowest BCUT2D eigenvalue weighted by atomic mass is 9.99. The highest BCUT2D eigenvalue weighted by Crippen LogP contribution is 2.40. The fourth-order valence-corrected chi connectivity index (χ4v) is 3.85. The topological polar surface area (TPSA) is 34.1 Å². The van der Waals surface area contributed by atoms with Crippen LogP contribution in [0.4, 0.5) is 5.69 Å². The second-order valence-electron chi connectivity index (χ2n) is 6.95.